The number of ketones is 1. The lowest BCUT2D eigenvalue weighted by molar-refractivity contribution is -0.125. The van der Waals surface area contributed by atoms with Gasteiger partial charge in [0.1, 0.15) is 22.5 Å². The number of hydrogen-bond acceptors (Lipinski definition) is 7. The number of hydrogen-bond donors (Lipinski definition) is 1. The summed E-state index contributed by atoms with van der Waals surface area (Å²) < 4.78 is 11.4. The molecule has 1 aromatic rings. The molecule has 0 amide bonds. The van der Waals surface area contributed by atoms with E-state index in [0.717, 1.165) is 44.2 Å². The molecule has 2 aliphatic heterocycles. The van der Waals surface area contributed by atoms with Crippen LogP contribution in [0.5, 0.6) is 11.5 Å². The van der Waals surface area contributed by atoms with E-state index in [2.05, 4.69) is 15.1 Å². The maximum absolute atomic E-state index is 12.7. The van der Waals surface area contributed by atoms with E-state index in [1.807, 2.05) is 43.0 Å². The number of ether oxygens (including phenoxy) is 2. The number of benzene rings is 1. The van der Waals surface area contributed by atoms with Gasteiger partial charge in [0, 0.05) is 38.5 Å². The molecule has 8 heteroatoms. The van der Waals surface area contributed by atoms with Gasteiger partial charge in [-0.05, 0) is 26.0 Å². The number of thiocarbonyl (C=S) groups is 1. The van der Waals surface area contributed by atoms with Gasteiger partial charge in [-0.2, -0.15) is 0 Å². The van der Waals surface area contributed by atoms with Crippen LogP contribution in [0.4, 0.5) is 0 Å². The van der Waals surface area contributed by atoms with Gasteiger partial charge < -0.3 is 19.7 Å². The zero-order valence-electron chi connectivity index (χ0n) is 16.8. The second-order valence-corrected chi connectivity index (χ2v) is 8.82. The molecule has 0 aromatic heterocycles. The number of nitrogens with one attached hydrogen (secondary N) is 1. The van der Waals surface area contributed by atoms with Gasteiger partial charge >= 0.3 is 0 Å². The van der Waals surface area contributed by atoms with Crippen LogP contribution in [0.2, 0.25) is 0 Å². The second-order valence-electron chi connectivity index (χ2n) is 7.15. The molecule has 2 saturated heterocycles. The second kappa shape index (κ2) is 9.43. The minimum atomic E-state index is -0.759. The van der Waals surface area contributed by atoms with E-state index in [4.69, 9.17) is 21.7 Å². The molecule has 2 fully saturated rings. The minimum absolute atomic E-state index is 0.0824. The van der Waals surface area contributed by atoms with Crippen LogP contribution >= 0.6 is 24.0 Å². The van der Waals surface area contributed by atoms with E-state index in [9.17, 15) is 4.79 Å². The monoisotopic (exact) mass is 423 g/mol. The van der Waals surface area contributed by atoms with Crippen molar-refractivity contribution in [1.29, 1.82) is 0 Å². The Bertz CT molecular complexity index is 712. The first-order valence-electron chi connectivity index (χ1n) is 9.63. The number of carbonyl (C=O) groups excluding carboxylic acids is 1. The highest BCUT2D eigenvalue weighted by Gasteiger charge is 2.46. The van der Waals surface area contributed by atoms with Gasteiger partial charge in [-0.15, -0.1) is 11.8 Å². The smallest absolute Gasteiger partial charge is 0.161 e. The van der Waals surface area contributed by atoms with Gasteiger partial charge in [0.15, 0.2) is 17.3 Å². The normalized spacial score (nSPS) is 22.5. The van der Waals surface area contributed by atoms with E-state index < -0.39 is 5.54 Å². The number of rotatable bonds is 7. The Morgan fingerprint density at radius 1 is 1.29 bits per heavy atom. The molecule has 6 nitrogen and oxygen atoms in total. The number of nitrogens with zero attached hydrogens (tertiary/aromatic N) is 2. The van der Waals surface area contributed by atoms with Crippen molar-refractivity contribution in [2.75, 3.05) is 52.2 Å². The number of methoxy groups -OCH3 is 1. The summed E-state index contributed by atoms with van der Waals surface area (Å²) in [5.41, 5.74) is -0.759. The Morgan fingerprint density at radius 2 is 1.96 bits per heavy atom. The van der Waals surface area contributed by atoms with Gasteiger partial charge in [-0.3, -0.25) is 9.69 Å². The lowest BCUT2D eigenvalue weighted by Crippen LogP contribution is -2.65. The third kappa shape index (κ3) is 4.30. The van der Waals surface area contributed by atoms with Crippen LogP contribution in [-0.4, -0.2) is 83.7 Å². The lowest BCUT2D eigenvalue weighted by Gasteiger charge is -2.45. The number of para-hydroxylation sites is 2. The summed E-state index contributed by atoms with van der Waals surface area (Å²) in [5.74, 6) is 2.50. The third-order valence-corrected chi connectivity index (χ3v) is 7.38. The summed E-state index contributed by atoms with van der Waals surface area (Å²) in [6, 6.07) is 7.64. The van der Waals surface area contributed by atoms with Crippen LogP contribution < -0.4 is 14.8 Å². The number of piperazine rings is 1. The van der Waals surface area contributed by atoms with Gasteiger partial charge in [0.05, 0.1) is 7.11 Å². The molecule has 0 spiro atoms. The third-order valence-electron chi connectivity index (χ3n) is 5.55. The maximum Gasteiger partial charge on any atom is 0.161 e. The maximum atomic E-state index is 12.7. The highest BCUT2D eigenvalue weighted by molar-refractivity contribution is 8.00. The van der Waals surface area contributed by atoms with Crippen molar-refractivity contribution >= 4 is 34.8 Å². The van der Waals surface area contributed by atoms with Gasteiger partial charge in [-0.1, -0.05) is 24.4 Å². The molecule has 28 heavy (non-hydrogen) atoms. The molecule has 0 aliphatic carbocycles. The van der Waals surface area contributed by atoms with Crippen molar-refractivity contribution in [3.05, 3.63) is 24.3 Å². The molecule has 2 heterocycles. The topological polar surface area (TPSA) is 54.0 Å². The number of carbonyl (C=O) groups is 1. The Hall–Kier alpha value is -1.35. The Morgan fingerprint density at radius 3 is 2.61 bits per heavy atom. The highest BCUT2D eigenvalue weighted by Crippen LogP contribution is 2.32. The molecule has 0 bridgehead atoms. The average Bonchev–Trinajstić information content (AvgIpc) is 3.20. The predicted molar refractivity (Wildman–Crippen MR) is 118 cm³/mol. The zero-order chi connectivity index (χ0) is 20.1. The Kier molecular flexibility index (Phi) is 7.20. The fourth-order valence-corrected chi connectivity index (χ4v) is 5.38. The molecule has 2 atom stereocenters. The van der Waals surface area contributed by atoms with Crippen molar-refractivity contribution in [2.45, 2.75) is 24.8 Å². The molecule has 3 rings (SSSR count). The quantitative estimate of drug-likeness (QED) is 0.669. The van der Waals surface area contributed by atoms with Crippen LogP contribution in [0.25, 0.3) is 0 Å². The van der Waals surface area contributed by atoms with Crippen molar-refractivity contribution in [2.24, 2.45) is 0 Å². The molecular formula is C20H29N3O3S2. The fraction of sp³-hybridized carbons (Fsp3) is 0.600. The van der Waals surface area contributed by atoms with E-state index in [0.29, 0.717) is 17.3 Å². The van der Waals surface area contributed by atoms with Crippen molar-refractivity contribution < 1.29 is 14.3 Å². The summed E-state index contributed by atoms with van der Waals surface area (Å²) in [6.45, 7) is 8.33. The summed E-state index contributed by atoms with van der Waals surface area (Å²) >= 11 is 7.73. The molecule has 0 saturated carbocycles. The minimum Gasteiger partial charge on any atom is -0.493 e. The first kappa shape index (κ1) is 21.4. The van der Waals surface area contributed by atoms with E-state index in [-0.39, 0.29) is 11.2 Å². The first-order valence-corrected chi connectivity index (χ1v) is 11.1. The van der Waals surface area contributed by atoms with E-state index in [1.54, 1.807) is 14.0 Å². The standard InChI is InChI=1S/C20H29N3O3S2/c1-15(24)20(2,22-10-8-21-9-11-22)19(27)23-12-13-28-18(23)14-26-17-7-5-4-6-16(17)25-3/h4-7,18,21H,8-14H2,1-3H3. The molecule has 2 unspecified atom stereocenters. The molecule has 154 valence electrons. The van der Waals surface area contributed by atoms with Gasteiger partial charge in [-0.25, -0.2) is 0 Å². The molecule has 1 aromatic carbocycles. The molecule has 0 radical (unpaired) electrons. The van der Waals surface area contributed by atoms with Crippen LogP contribution in [-0.2, 0) is 4.79 Å². The van der Waals surface area contributed by atoms with Gasteiger partial charge in [0.2, 0.25) is 0 Å². The van der Waals surface area contributed by atoms with Crippen molar-refractivity contribution in [3.8, 4) is 11.5 Å². The Balaban J connectivity index is 1.73. The summed E-state index contributed by atoms with van der Waals surface area (Å²) in [4.78, 5) is 17.8. The first-order chi connectivity index (χ1) is 13.5. The predicted octanol–water partition coefficient (Wildman–Crippen LogP) is 2.03. The summed E-state index contributed by atoms with van der Waals surface area (Å²) in [7, 11) is 1.64. The van der Waals surface area contributed by atoms with E-state index in [1.165, 1.54) is 0 Å². The van der Waals surface area contributed by atoms with Crippen LogP contribution in [0.1, 0.15) is 13.8 Å². The average molecular weight is 424 g/mol. The van der Waals surface area contributed by atoms with Crippen LogP contribution in [0.3, 0.4) is 0 Å². The molecular weight excluding hydrogens is 394 g/mol. The lowest BCUT2D eigenvalue weighted by atomic mass is 9.92. The molecule has 1 N–H and O–H groups in total. The summed E-state index contributed by atoms with van der Waals surface area (Å²) in [6.07, 6.45) is 0. The zero-order valence-corrected chi connectivity index (χ0v) is 18.4. The van der Waals surface area contributed by atoms with Crippen LogP contribution in [0.15, 0.2) is 24.3 Å². The van der Waals surface area contributed by atoms with Crippen molar-refractivity contribution in [1.82, 2.24) is 15.1 Å². The molecule has 2 aliphatic rings. The van der Waals surface area contributed by atoms with E-state index >= 15 is 0 Å². The SMILES string of the molecule is COc1ccccc1OCC1SCCN1C(=S)C(C)(C(C)=O)N1CCNCC1. The van der Waals surface area contributed by atoms with Crippen LogP contribution in [0, 0.1) is 0 Å². The summed E-state index contributed by atoms with van der Waals surface area (Å²) in [5, 5.41) is 3.43. The number of Topliss-reactive ketones (excluding diaryl/α,β-unsaturated/α-hetero) is 1. The number of thioether (sulfide) groups is 1. The van der Waals surface area contributed by atoms with Crippen molar-refractivity contribution in [3.63, 3.8) is 0 Å². The largest absolute Gasteiger partial charge is 0.493 e. The Labute approximate surface area is 176 Å². The fourth-order valence-electron chi connectivity index (χ4n) is 3.69. The van der Waals surface area contributed by atoms with Gasteiger partial charge in [0.25, 0.3) is 0 Å². The highest BCUT2D eigenvalue weighted by atomic mass is 32.2.